The first-order valence-electron chi connectivity index (χ1n) is 5.90. The Morgan fingerprint density at radius 2 is 2.05 bits per heavy atom. The molecule has 2 rings (SSSR count). The molecule has 0 spiro atoms. The second-order valence-corrected chi connectivity index (χ2v) is 4.63. The van der Waals surface area contributed by atoms with Crippen molar-refractivity contribution in [2.24, 2.45) is 0 Å². The minimum atomic E-state index is -2.65. The van der Waals surface area contributed by atoms with E-state index in [-0.39, 0.29) is 43.1 Å². The van der Waals surface area contributed by atoms with Crippen LogP contribution in [0.25, 0.3) is 0 Å². The maximum absolute atomic E-state index is 13.0. The highest BCUT2D eigenvalue weighted by atomic mass is 19.3. The van der Waals surface area contributed by atoms with Crippen LogP contribution in [0.15, 0.2) is 12.3 Å². The highest BCUT2D eigenvalue weighted by Gasteiger charge is 2.35. The molecule has 1 heterocycles. The molecule has 0 saturated heterocycles. The number of hydrogen-bond donors (Lipinski definition) is 2. The smallest absolute Gasteiger partial charge is 0.339 e. The van der Waals surface area contributed by atoms with Crippen molar-refractivity contribution in [3.05, 3.63) is 23.6 Å². The maximum Gasteiger partial charge on any atom is 0.339 e. The molecule has 1 aliphatic rings. The van der Waals surface area contributed by atoms with Gasteiger partial charge in [-0.3, -0.25) is 0 Å². The monoisotopic (exact) mass is 274 g/mol. The van der Waals surface area contributed by atoms with E-state index in [1.165, 1.54) is 0 Å². The standard InChI is InChI=1S/C12H13F3N2O2/c13-7-5-9(11(18)19)10(16-6-7)17-8-1-3-12(14,15)4-2-8/h5-6,8H,1-4H2,(H,16,17)(H,18,19). The molecular formula is C12H13F3N2O2. The van der Waals surface area contributed by atoms with Crippen LogP contribution in [0.2, 0.25) is 0 Å². The van der Waals surface area contributed by atoms with Crippen LogP contribution in [0.3, 0.4) is 0 Å². The van der Waals surface area contributed by atoms with Crippen LogP contribution in [0.4, 0.5) is 19.0 Å². The first-order chi connectivity index (χ1) is 8.87. The van der Waals surface area contributed by atoms with Gasteiger partial charge >= 0.3 is 5.97 Å². The average molecular weight is 274 g/mol. The summed E-state index contributed by atoms with van der Waals surface area (Å²) in [4.78, 5) is 14.6. The number of pyridine rings is 1. The summed E-state index contributed by atoms with van der Waals surface area (Å²) in [6, 6.07) is 0.588. The van der Waals surface area contributed by atoms with Gasteiger partial charge in [0.25, 0.3) is 0 Å². The van der Waals surface area contributed by atoms with Crippen molar-refractivity contribution in [3.63, 3.8) is 0 Å². The molecule has 1 saturated carbocycles. The highest BCUT2D eigenvalue weighted by Crippen LogP contribution is 2.34. The number of halogens is 3. The third kappa shape index (κ3) is 3.36. The Balaban J connectivity index is 2.10. The zero-order chi connectivity index (χ0) is 14.0. The Hall–Kier alpha value is -1.79. The molecule has 2 N–H and O–H groups in total. The van der Waals surface area contributed by atoms with Crippen LogP contribution in [-0.2, 0) is 0 Å². The number of alkyl halides is 2. The predicted molar refractivity (Wildman–Crippen MR) is 62.0 cm³/mol. The zero-order valence-corrected chi connectivity index (χ0v) is 10.00. The van der Waals surface area contributed by atoms with Gasteiger partial charge in [0.2, 0.25) is 5.92 Å². The summed E-state index contributed by atoms with van der Waals surface area (Å²) >= 11 is 0. The van der Waals surface area contributed by atoms with E-state index in [0.29, 0.717) is 0 Å². The van der Waals surface area contributed by atoms with Crippen LogP contribution >= 0.6 is 0 Å². The van der Waals surface area contributed by atoms with E-state index in [1.807, 2.05) is 0 Å². The first kappa shape index (κ1) is 13.6. The molecule has 1 aromatic heterocycles. The summed E-state index contributed by atoms with van der Waals surface area (Å²) in [5.74, 6) is -4.69. The fourth-order valence-electron chi connectivity index (χ4n) is 2.10. The van der Waals surface area contributed by atoms with E-state index in [9.17, 15) is 18.0 Å². The third-order valence-electron chi connectivity index (χ3n) is 3.14. The van der Waals surface area contributed by atoms with Crippen LogP contribution < -0.4 is 5.32 Å². The maximum atomic E-state index is 13.0. The quantitative estimate of drug-likeness (QED) is 0.889. The second kappa shape index (κ2) is 5.07. The zero-order valence-electron chi connectivity index (χ0n) is 10.00. The van der Waals surface area contributed by atoms with Gasteiger partial charge in [0.05, 0.1) is 6.20 Å². The Morgan fingerprint density at radius 3 is 2.63 bits per heavy atom. The molecule has 0 atom stereocenters. The molecule has 0 bridgehead atoms. The first-order valence-corrected chi connectivity index (χ1v) is 5.90. The lowest BCUT2D eigenvalue weighted by Gasteiger charge is -2.29. The predicted octanol–water partition coefficient (Wildman–Crippen LogP) is 2.91. The molecule has 1 aromatic rings. The molecule has 1 aliphatic carbocycles. The Bertz CT molecular complexity index is 484. The molecule has 0 aliphatic heterocycles. The molecule has 104 valence electrons. The second-order valence-electron chi connectivity index (χ2n) is 4.63. The molecular weight excluding hydrogens is 261 g/mol. The largest absolute Gasteiger partial charge is 0.478 e. The van der Waals surface area contributed by atoms with Gasteiger partial charge in [-0.25, -0.2) is 22.9 Å². The summed E-state index contributed by atoms with van der Waals surface area (Å²) in [6.45, 7) is 0. The lowest BCUT2D eigenvalue weighted by molar-refractivity contribution is -0.0361. The minimum absolute atomic E-state index is 0.0177. The van der Waals surface area contributed by atoms with Crippen molar-refractivity contribution >= 4 is 11.8 Å². The Labute approximate surface area is 107 Å². The summed E-state index contributed by atoms with van der Waals surface area (Å²) in [5.41, 5.74) is -0.294. The van der Waals surface area contributed by atoms with E-state index in [2.05, 4.69) is 10.3 Å². The van der Waals surface area contributed by atoms with Gasteiger partial charge in [0.1, 0.15) is 17.2 Å². The lowest BCUT2D eigenvalue weighted by atomic mass is 9.92. The van der Waals surface area contributed by atoms with Crippen LogP contribution in [0, 0.1) is 5.82 Å². The summed E-state index contributed by atoms with van der Waals surface area (Å²) < 4.78 is 38.9. The van der Waals surface area contributed by atoms with Crippen molar-refractivity contribution in [2.75, 3.05) is 5.32 Å². The summed E-state index contributed by atoms with van der Waals surface area (Å²) in [7, 11) is 0. The average Bonchev–Trinajstić information content (AvgIpc) is 2.33. The third-order valence-corrected chi connectivity index (χ3v) is 3.14. The van der Waals surface area contributed by atoms with Gasteiger partial charge in [-0.15, -0.1) is 0 Å². The van der Waals surface area contributed by atoms with Crippen molar-refractivity contribution in [1.29, 1.82) is 0 Å². The van der Waals surface area contributed by atoms with E-state index < -0.39 is 17.7 Å². The van der Waals surface area contributed by atoms with Crippen molar-refractivity contribution in [2.45, 2.75) is 37.6 Å². The SMILES string of the molecule is O=C(O)c1cc(F)cnc1NC1CCC(F)(F)CC1. The van der Waals surface area contributed by atoms with Crippen molar-refractivity contribution < 1.29 is 23.1 Å². The summed E-state index contributed by atoms with van der Waals surface area (Å²) in [6.07, 6.45) is 0.866. The molecule has 0 amide bonds. The minimum Gasteiger partial charge on any atom is -0.478 e. The topological polar surface area (TPSA) is 62.2 Å². The van der Waals surface area contributed by atoms with Gasteiger partial charge in [-0.2, -0.15) is 0 Å². The van der Waals surface area contributed by atoms with E-state index in [0.717, 1.165) is 12.3 Å². The number of nitrogens with one attached hydrogen (secondary N) is 1. The number of carboxylic acids is 1. The number of carbonyl (C=O) groups is 1. The highest BCUT2D eigenvalue weighted by molar-refractivity contribution is 5.93. The molecule has 1 fully saturated rings. The Morgan fingerprint density at radius 1 is 1.42 bits per heavy atom. The van der Waals surface area contributed by atoms with E-state index >= 15 is 0 Å². The van der Waals surface area contributed by atoms with Crippen molar-refractivity contribution in [3.8, 4) is 0 Å². The number of anilines is 1. The molecule has 0 aromatic carbocycles. The van der Waals surface area contributed by atoms with Gasteiger partial charge in [0, 0.05) is 18.9 Å². The molecule has 4 nitrogen and oxygen atoms in total. The van der Waals surface area contributed by atoms with Gasteiger partial charge in [-0.05, 0) is 18.9 Å². The molecule has 19 heavy (non-hydrogen) atoms. The number of carboxylic acid groups (broad SMARTS) is 1. The summed E-state index contributed by atoms with van der Waals surface area (Å²) in [5, 5.41) is 11.7. The number of hydrogen-bond acceptors (Lipinski definition) is 3. The van der Waals surface area contributed by atoms with E-state index in [1.54, 1.807) is 0 Å². The molecule has 0 unspecified atom stereocenters. The van der Waals surface area contributed by atoms with Crippen LogP contribution in [0.1, 0.15) is 36.0 Å². The van der Waals surface area contributed by atoms with Crippen LogP contribution in [-0.4, -0.2) is 28.0 Å². The van der Waals surface area contributed by atoms with E-state index in [4.69, 9.17) is 5.11 Å². The lowest BCUT2D eigenvalue weighted by Crippen LogP contribution is -2.32. The van der Waals surface area contributed by atoms with Gasteiger partial charge < -0.3 is 10.4 Å². The van der Waals surface area contributed by atoms with Crippen LogP contribution in [0.5, 0.6) is 0 Å². The van der Waals surface area contributed by atoms with Gasteiger partial charge in [0.15, 0.2) is 0 Å². The fourth-order valence-corrected chi connectivity index (χ4v) is 2.10. The van der Waals surface area contributed by atoms with Gasteiger partial charge in [-0.1, -0.05) is 0 Å². The number of nitrogens with zero attached hydrogens (tertiary/aromatic N) is 1. The molecule has 7 heteroatoms. The fraction of sp³-hybridized carbons (Fsp3) is 0.500. The number of rotatable bonds is 3. The normalized spacial score (nSPS) is 19.1. The molecule has 0 radical (unpaired) electrons. The van der Waals surface area contributed by atoms with Crippen molar-refractivity contribution in [1.82, 2.24) is 4.98 Å². The Kier molecular flexibility index (Phi) is 3.64. The number of aromatic nitrogens is 1. The number of aromatic carboxylic acids is 1.